The summed E-state index contributed by atoms with van der Waals surface area (Å²) in [5, 5.41) is 6.29. The van der Waals surface area contributed by atoms with Crippen molar-refractivity contribution in [1.82, 2.24) is 10.6 Å². The lowest BCUT2D eigenvalue weighted by Crippen LogP contribution is -2.56. The third-order valence-corrected chi connectivity index (χ3v) is 4.63. The maximum atomic E-state index is 12.3. The highest BCUT2D eigenvalue weighted by Crippen LogP contribution is 2.28. The number of carbonyl (C=O) groups is 1. The summed E-state index contributed by atoms with van der Waals surface area (Å²) >= 11 is 0. The number of ether oxygens (including phenoxy) is 1. The van der Waals surface area contributed by atoms with Gasteiger partial charge in [0, 0.05) is 31.4 Å². The third kappa shape index (κ3) is 3.10. The number of amides is 1. The number of nitrogens with one attached hydrogen (secondary N) is 2. The van der Waals surface area contributed by atoms with Crippen LogP contribution >= 0.6 is 0 Å². The molecule has 5 nitrogen and oxygen atoms in total. The lowest BCUT2D eigenvalue weighted by Gasteiger charge is -2.31. The Hall–Kier alpha value is -1.59. The topological polar surface area (TPSA) is 53.6 Å². The van der Waals surface area contributed by atoms with Crippen LogP contribution in [0.15, 0.2) is 24.3 Å². The Balaban J connectivity index is 1.54. The van der Waals surface area contributed by atoms with Gasteiger partial charge in [0.15, 0.2) is 0 Å². The molecule has 0 aromatic heterocycles. The van der Waals surface area contributed by atoms with E-state index in [0.717, 1.165) is 19.5 Å². The second kappa shape index (κ2) is 6.67. The van der Waals surface area contributed by atoms with Crippen LogP contribution in [0.1, 0.15) is 19.4 Å². The van der Waals surface area contributed by atoms with Crippen molar-refractivity contribution in [1.29, 1.82) is 0 Å². The second-order valence-electron chi connectivity index (χ2n) is 6.17. The number of fused-ring (bicyclic) bond motifs is 1. The summed E-state index contributed by atoms with van der Waals surface area (Å²) in [6, 6.07) is 8.56. The molecule has 1 amide bonds. The van der Waals surface area contributed by atoms with Gasteiger partial charge < -0.3 is 20.3 Å². The van der Waals surface area contributed by atoms with Crippen LogP contribution in [0.4, 0.5) is 5.69 Å². The Morgan fingerprint density at radius 1 is 1.50 bits per heavy atom. The molecule has 1 unspecified atom stereocenters. The minimum Gasteiger partial charge on any atom is -0.375 e. The molecular formula is C17H25N3O2. The maximum Gasteiger partial charge on any atom is 0.239 e. The van der Waals surface area contributed by atoms with Crippen LogP contribution in [-0.2, 0) is 16.0 Å². The van der Waals surface area contributed by atoms with Crippen molar-refractivity contribution in [3.05, 3.63) is 29.8 Å². The maximum absolute atomic E-state index is 12.3. The standard InChI is InChI=1S/C17H25N3O2/c1-12(20-9-7-14-5-3-4-6-15(14)20)11-19-17(21)16-13(2)22-10-8-18-16/h3-6,12-13,16,18H,7-11H2,1-2H3,(H,19,21)/t12?,13-,16+/m1/s1. The van der Waals surface area contributed by atoms with E-state index in [1.807, 2.05) is 6.92 Å². The predicted octanol–water partition coefficient (Wildman–Crippen LogP) is 0.931. The summed E-state index contributed by atoms with van der Waals surface area (Å²) in [4.78, 5) is 14.7. The average Bonchev–Trinajstić information content (AvgIpc) is 2.97. The third-order valence-electron chi connectivity index (χ3n) is 4.63. The van der Waals surface area contributed by atoms with Gasteiger partial charge in [-0.3, -0.25) is 4.79 Å². The molecule has 3 rings (SSSR count). The van der Waals surface area contributed by atoms with E-state index in [0.29, 0.717) is 13.2 Å². The van der Waals surface area contributed by atoms with Crippen LogP contribution in [0.3, 0.4) is 0 Å². The first kappa shape index (κ1) is 15.3. The molecular weight excluding hydrogens is 278 g/mol. The zero-order chi connectivity index (χ0) is 15.5. The van der Waals surface area contributed by atoms with E-state index >= 15 is 0 Å². The Bertz CT molecular complexity index is 534. The van der Waals surface area contributed by atoms with Crippen molar-refractivity contribution in [3.8, 4) is 0 Å². The summed E-state index contributed by atoms with van der Waals surface area (Å²) in [5.41, 5.74) is 2.70. The van der Waals surface area contributed by atoms with Crippen LogP contribution in [0, 0.1) is 0 Å². The molecule has 0 bridgehead atoms. The van der Waals surface area contributed by atoms with Crippen molar-refractivity contribution >= 4 is 11.6 Å². The van der Waals surface area contributed by atoms with Crippen LogP contribution < -0.4 is 15.5 Å². The van der Waals surface area contributed by atoms with Gasteiger partial charge >= 0.3 is 0 Å². The van der Waals surface area contributed by atoms with Gasteiger partial charge in [0.05, 0.1) is 12.7 Å². The van der Waals surface area contributed by atoms with Crippen LogP contribution in [-0.4, -0.2) is 50.3 Å². The Kier molecular flexibility index (Phi) is 4.64. The number of hydrogen-bond donors (Lipinski definition) is 2. The summed E-state index contributed by atoms with van der Waals surface area (Å²) < 4.78 is 5.53. The quantitative estimate of drug-likeness (QED) is 0.869. The second-order valence-corrected chi connectivity index (χ2v) is 6.17. The van der Waals surface area contributed by atoms with Crippen molar-refractivity contribution in [2.75, 3.05) is 31.1 Å². The van der Waals surface area contributed by atoms with Crippen LogP contribution in [0.2, 0.25) is 0 Å². The molecule has 0 spiro atoms. The molecule has 1 aromatic rings. The van der Waals surface area contributed by atoms with E-state index in [1.54, 1.807) is 0 Å². The number of anilines is 1. The van der Waals surface area contributed by atoms with Crippen LogP contribution in [0.25, 0.3) is 0 Å². The zero-order valence-corrected chi connectivity index (χ0v) is 13.3. The molecule has 1 saturated heterocycles. The highest BCUT2D eigenvalue weighted by Gasteiger charge is 2.29. The number of nitrogens with zero attached hydrogens (tertiary/aromatic N) is 1. The number of rotatable bonds is 4. The van der Waals surface area contributed by atoms with Gasteiger partial charge in [-0.15, -0.1) is 0 Å². The first-order chi connectivity index (χ1) is 10.7. The van der Waals surface area contributed by atoms with Gasteiger partial charge in [-0.25, -0.2) is 0 Å². The van der Waals surface area contributed by atoms with Crippen LogP contribution in [0.5, 0.6) is 0 Å². The molecule has 2 N–H and O–H groups in total. The molecule has 0 radical (unpaired) electrons. The van der Waals surface area contributed by atoms with E-state index in [1.165, 1.54) is 11.3 Å². The van der Waals surface area contributed by atoms with E-state index in [9.17, 15) is 4.79 Å². The van der Waals surface area contributed by atoms with E-state index in [2.05, 4.69) is 46.7 Å². The van der Waals surface area contributed by atoms with E-state index in [-0.39, 0.29) is 24.1 Å². The summed E-state index contributed by atoms with van der Waals surface area (Å²) in [6.07, 6.45) is 1.01. The van der Waals surface area contributed by atoms with E-state index in [4.69, 9.17) is 4.74 Å². The van der Waals surface area contributed by atoms with Gasteiger partial charge in [0.25, 0.3) is 0 Å². The summed E-state index contributed by atoms with van der Waals surface area (Å²) in [6.45, 7) is 7.19. The number of morpholine rings is 1. The molecule has 5 heteroatoms. The Morgan fingerprint density at radius 2 is 2.32 bits per heavy atom. The van der Waals surface area contributed by atoms with Crippen molar-refractivity contribution < 1.29 is 9.53 Å². The molecule has 0 aliphatic carbocycles. The number of benzene rings is 1. The monoisotopic (exact) mass is 303 g/mol. The lowest BCUT2D eigenvalue weighted by atomic mass is 10.1. The first-order valence-corrected chi connectivity index (χ1v) is 8.14. The zero-order valence-electron chi connectivity index (χ0n) is 13.3. The summed E-state index contributed by atoms with van der Waals surface area (Å²) in [7, 11) is 0. The predicted molar refractivity (Wildman–Crippen MR) is 87.2 cm³/mol. The average molecular weight is 303 g/mol. The smallest absolute Gasteiger partial charge is 0.239 e. The molecule has 2 aliphatic heterocycles. The summed E-state index contributed by atoms with van der Waals surface area (Å²) in [5.74, 6) is 0.0338. The Labute approximate surface area is 132 Å². The van der Waals surface area contributed by atoms with Crippen molar-refractivity contribution in [2.45, 2.75) is 38.5 Å². The molecule has 3 atom stereocenters. The molecule has 1 fully saturated rings. The number of para-hydroxylation sites is 1. The highest BCUT2D eigenvalue weighted by atomic mass is 16.5. The minimum absolute atomic E-state index is 0.0338. The molecule has 0 saturated carbocycles. The van der Waals surface area contributed by atoms with Crippen molar-refractivity contribution in [2.24, 2.45) is 0 Å². The van der Waals surface area contributed by atoms with Gasteiger partial charge in [-0.05, 0) is 31.9 Å². The number of hydrogen-bond acceptors (Lipinski definition) is 4. The van der Waals surface area contributed by atoms with Gasteiger partial charge in [-0.1, -0.05) is 18.2 Å². The fourth-order valence-corrected chi connectivity index (χ4v) is 3.32. The molecule has 2 heterocycles. The normalized spacial score (nSPS) is 25.6. The van der Waals surface area contributed by atoms with Gasteiger partial charge in [0.2, 0.25) is 5.91 Å². The lowest BCUT2D eigenvalue weighted by molar-refractivity contribution is -0.128. The first-order valence-electron chi connectivity index (χ1n) is 8.14. The van der Waals surface area contributed by atoms with Crippen molar-refractivity contribution in [3.63, 3.8) is 0 Å². The van der Waals surface area contributed by atoms with Gasteiger partial charge in [0.1, 0.15) is 6.04 Å². The molecule has 2 aliphatic rings. The van der Waals surface area contributed by atoms with Gasteiger partial charge in [-0.2, -0.15) is 0 Å². The van der Waals surface area contributed by atoms with E-state index < -0.39 is 0 Å². The molecule has 22 heavy (non-hydrogen) atoms. The minimum atomic E-state index is -0.244. The molecule has 1 aromatic carbocycles. The fourth-order valence-electron chi connectivity index (χ4n) is 3.32. The number of carbonyl (C=O) groups excluding carboxylic acids is 1. The Morgan fingerprint density at radius 3 is 3.14 bits per heavy atom. The largest absolute Gasteiger partial charge is 0.375 e. The molecule has 120 valence electrons. The highest BCUT2D eigenvalue weighted by molar-refractivity contribution is 5.82. The fraction of sp³-hybridized carbons (Fsp3) is 0.588. The SMILES string of the molecule is CC(CNC(=O)[C@H]1NCCO[C@@H]1C)N1CCc2ccccc21.